The maximum atomic E-state index is 13.5. The number of halogens is 2. The Bertz CT molecular complexity index is 1450. The lowest BCUT2D eigenvalue weighted by Gasteiger charge is -2.09. The number of nitrogens with two attached hydrogens (primary N) is 1. The standard InChI is InChI=1S/C25H20ClFN4O4S/c1-13(32)14-4-2-5-15(10-14)31-24(34)22-21(28)20(25(36-22)29-12-17-6-3-9-35-17)23(33)30-16-7-8-19(27)18(26)11-16/h2-11,29H,12,28H2,1H3,(H,30,33)(H,31,34). The SMILES string of the molecule is CC(=O)c1cccc(NC(=O)c2sc(NCc3ccco3)c(C(=O)Nc3ccc(F)c(Cl)c3)c2N)c1. The van der Waals surface area contributed by atoms with Crippen LogP contribution >= 0.6 is 22.9 Å². The minimum atomic E-state index is -0.627. The topological polar surface area (TPSA) is 126 Å². The van der Waals surface area contributed by atoms with E-state index in [1.54, 1.807) is 36.4 Å². The number of carbonyl (C=O) groups is 3. The molecule has 8 nitrogen and oxygen atoms in total. The van der Waals surface area contributed by atoms with Crippen molar-refractivity contribution in [2.45, 2.75) is 13.5 Å². The summed E-state index contributed by atoms with van der Waals surface area (Å²) in [6.07, 6.45) is 1.51. The lowest BCUT2D eigenvalue weighted by molar-refractivity contribution is 0.101. The maximum absolute atomic E-state index is 13.5. The van der Waals surface area contributed by atoms with E-state index in [1.807, 2.05) is 0 Å². The molecule has 0 aliphatic rings. The van der Waals surface area contributed by atoms with Gasteiger partial charge in [-0.2, -0.15) is 0 Å². The Morgan fingerprint density at radius 1 is 1.03 bits per heavy atom. The predicted molar refractivity (Wildman–Crippen MR) is 139 cm³/mol. The molecule has 0 atom stereocenters. The highest BCUT2D eigenvalue weighted by atomic mass is 35.5. The molecule has 36 heavy (non-hydrogen) atoms. The Kier molecular flexibility index (Phi) is 7.37. The van der Waals surface area contributed by atoms with Crippen molar-refractivity contribution in [2.24, 2.45) is 0 Å². The molecule has 0 aliphatic heterocycles. The van der Waals surface area contributed by atoms with Gasteiger partial charge in [-0.15, -0.1) is 11.3 Å². The number of nitrogen functional groups attached to an aromatic ring is 1. The monoisotopic (exact) mass is 526 g/mol. The van der Waals surface area contributed by atoms with Gasteiger partial charge in [-0.1, -0.05) is 23.7 Å². The summed E-state index contributed by atoms with van der Waals surface area (Å²) in [6, 6.07) is 13.7. The number of ketones is 1. The zero-order chi connectivity index (χ0) is 25.8. The lowest BCUT2D eigenvalue weighted by Crippen LogP contribution is -2.17. The summed E-state index contributed by atoms with van der Waals surface area (Å²) in [5, 5.41) is 8.59. The molecule has 0 saturated carbocycles. The van der Waals surface area contributed by atoms with Gasteiger partial charge in [-0.25, -0.2) is 4.39 Å². The number of hydrogen-bond acceptors (Lipinski definition) is 7. The molecule has 4 aromatic rings. The number of Topliss-reactive ketones (excluding diaryl/α,β-unsaturated/α-hetero) is 1. The maximum Gasteiger partial charge on any atom is 0.267 e. The highest BCUT2D eigenvalue weighted by molar-refractivity contribution is 7.19. The normalized spacial score (nSPS) is 10.6. The summed E-state index contributed by atoms with van der Waals surface area (Å²) < 4.78 is 18.8. The molecule has 184 valence electrons. The molecule has 2 aromatic carbocycles. The van der Waals surface area contributed by atoms with Crippen LogP contribution in [0.1, 0.15) is 43.1 Å². The number of anilines is 4. The van der Waals surface area contributed by atoms with Crippen LogP contribution in [0.5, 0.6) is 0 Å². The van der Waals surface area contributed by atoms with Gasteiger partial charge in [0.15, 0.2) is 5.78 Å². The number of rotatable bonds is 8. The van der Waals surface area contributed by atoms with Crippen LogP contribution in [-0.4, -0.2) is 17.6 Å². The van der Waals surface area contributed by atoms with Crippen molar-refractivity contribution in [2.75, 3.05) is 21.7 Å². The van der Waals surface area contributed by atoms with Crippen LogP contribution in [0.3, 0.4) is 0 Å². The summed E-state index contributed by atoms with van der Waals surface area (Å²) >= 11 is 6.81. The van der Waals surface area contributed by atoms with E-state index in [4.69, 9.17) is 21.8 Å². The smallest absolute Gasteiger partial charge is 0.267 e. The Balaban J connectivity index is 1.64. The molecule has 0 spiro atoms. The van der Waals surface area contributed by atoms with Gasteiger partial charge in [0.05, 0.1) is 29.1 Å². The van der Waals surface area contributed by atoms with Crippen molar-refractivity contribution in [3.8, 4) is 0 Å². The molecule has 2 heterocycles. The van der Waals surface area contributed by atoms with Crippen LogP contribution in [-0.2, 0) is 6.54 Å². The third-order valence-corrected chi connectivity index (χ3v) is 6.54. The first-order valence-electron chi connectivity index (χ1n) is 10.6. The van der Waals surface area contributed by atoms with Gasteiger partial charge in [0.25, 0.3) is 11.8 Å². The molecule has 4 rings (SSSR count). The van der Waals surface area contributed by atoms with Crippen LogP contribution < -0.4 is 21.7 Å². The molecule has 5 N–H and O–H groups in total. The highest BCUT2D eigenvalue weighted by Crippen LogP contribution is 2.37. The molecular weight excluding hydrogens is 507 g/mol. The van der Waals surface area contributed by atoms with Crippen molar-refractivity contribution < 1.29 is 23.2 Å². The van der Waals surface area contributed by atoms with Gasteiger partial charge >= 0.3 is 0 Å². The zero-order valence-corrected chi connectivity index (χ0v) is 20.4. The van der Waals surface area contributed by atoms with Crippen LogP contribution in [0.2, 0.25) is 5.02 Å². The fourth-order valence-corrected chi connectivity index (χ4v) is 4.50. The summed E-state index contributed by atoms with van der Waals surface area (Å²) in [5.74, 6) is -1.34. The van der Waals surface area contributed by atoms with E-state index < -0.39 is 17.6 Å². The highest BCUT2D eigenvalue weighted by Gasteiger charge is 2.26. The molecule has 0 radical (unpaired) electrons. The Hall–Kier alpha value is -4.15. The number of nitrogens with one attached hydrogen (secondary N) is 3. The third-order valence-electron chi connectivity index (χ3n) is 5.09. The summed E-state index contributed by atoms with van der Waals surface area (Å²) in [6.45, 7) is 1.66. The van der Waals surface area contributed by atoms with Gasteiger partial charge in [0, 0.05) is 16.9 Å². The summed E-state index contributed by atoms with van der Waals surface area (Å²) in [4.78, 5) is 38.0. The lowest BCUT2D eigenvalue weighted by atomic mass is 10.1. The number of furan rings is 1. The number of hydrogen-bond donors (Lipinski definition) is 4. The van der Waals surface area contributed by atoms with E-state index in [0.29, 0.717) is 22.0 Å². The van der Waals surface area contributed by atoms with Gasteiger partial charge in [0.1, 0.15) is 21.5 Å². The molecule has 0 fully saturated rings. The Labute approximate surface area is 214 Å². The van der Waals surface area contributed by atoms with Crippen molar-refractivity contribution in [3.63, 3.8) is 0 Å². The van der Waals surface area contributed by atoms with Crippen molar-refractivity contribution in [3.05, 3.63) is 93.5 Å². The van der Waals surface area contributed by atoms with Crippen LogP contribution in [0.15, 0.2) is 65.3 Å². The minimum absolute atomic E-state index is 0.0367. The van der Waals surface area contributed by atoms with E-state index in [1.165, 1.54) is 25.3 Å². The van der Waals surface area contributed by atoms with E-state index in [2.05, 4.69) is 16.0 Å². The summed E-state index contributed by atoms with van der Waals surface area (Å²) in [7, 11) is 0. The number of thiophene rings is 1. The van der Waals surface area contributed by atoms with Gasteiger partial charge in [0.2, 0.25) is 0 Å². The molecule has 0 unspecified atom stereocenters. The second-order valence-corrected chi connectivity index (χ2v) is 9.08. The molecule has 0 saturated heterocycles. The quantitative estimate of drug-likeness (QED) is 0.207. The van der Waals surface area contributed by atoms with E-state index in [-0.39, 0.29) is 39.2 Å². The first-order valence-corrected chi connectivity index (χ1v) is 11.8. The summed E-state index contributed by atoms with van der Waals surface area (Å²) in [5.41, 5.74) is 7.36. The second-order valence-electron chi connectivity index (χ2n) is 7.66. The van der Waals surface area contributed by atoms with E-state index in [9.17, 15) is 18.8 Å². The van der Waals surface area contributed by atoms with Gasteiger partial charge in [-0.3, -0.25) is 14.4 Å². The first-order chi connectivity index (χ1) is 17.2. The van der Waals surface area contributed by atoms with Crippen LogP contribution in [0.25, 0.3) is 0 Å². The minimum Gasteiger partial charge on any atom is -0.467 e. The molecule has 2 amide bonds. The van der Waals surface area contributed by atoms with Gasteiger partial charge in [-0.05, 0) is 49.4 Å². The number of benzene rings is 2. The number of amides is 2. The second kappa shape index (κ2) is 10.6. The van der Waals surface area contributed by atoms with Crippen molar-refractivity contribution in [1.29, 1.82) is 0 Å². The third kappa shape index (κ3) is 5.56. The van der Waals surface area contributed by atoms with Gasteiger partial charge < -0.3 is 26.1 Å². The fraction of sp³-hybridized carbons (Fsp3) is 0.0800. The van der Waals surface area contributed by atoms with Crippen molar-refractivity contribution >= 4 is 62.6 Å². The molecule has 2 aromatic heterocycles. The Morgan fingerprint density at radius 2 is 1.78 bits per heavy atom. The molecule has 11 heteroatoms. The average Bonchev–Trinajstić information content (AvgIpc) is 3.48. The fourth-order valence-electron chi connectivity index (χ4n) is 3.31. The molecule has 0 aliphatic carbocycles. The van der Waals surface area contributed by atoms with Crippen molar-refractivity contribution in [1.82, 2.24) is 0 Å². The molecule has 0 bridgehead atoms. The average molecular weight is 527 g/mol. The van der Waals surface area contributed by atoms with E-state index in [0.717, 1.165) is 17.4 Å². The first kappa shape index (κ1) is 25.0. The number of carbonyl (C=O) groups excluding carboxylic acids is 3. The van der Waals surface area contributed by atoms with E-state index >= 15 is 0 Å². The van der Waals surface area contributed by atoms with Crippen LogP contribution in [0, 0.1) is 5.82 Å². The zero-order valence-electron chi connectivity index (χ0n) is 18.9. The largest absolute Gasteiger partial charge is 0.467 e. The predicted octanol–water partition coefficient (Wildman–Crippen LogP) is 6.04. The Morgan fingerprint density at radius 3 is 2.47 bits per heavy atom. The van der Waals surface area contributed by atoms with Crippen LogP contribution in [0.4, 0.5) is 26.5 Å². The molecular formula is C25H20ClFN4O4S.